The first kappa shape index (κ1) is 24.1. The smallest absolute Gasteiger partial charge is 0.119 e. The molecule has 2 heterocycles. The van der Waals surface area contributed by atoms with Gasteiger partial charge < -0.3 is 14.2 Å². The molecule has 2 aliphatic rings. The molecule has 5 nitrogen and oxygen atoms in total. The molecule has 0 aliphatic carbocycles. The standard InChI is InChI=1S/C23H37NO4.CH4/c1-7-12-25-20-13-22(3,4)24(23(5,6)14-20)28-17(2)18-8-10-19(11-9-18)26-15-21-16-27-21;/h8-11,17,20-21H,7,12-16H2,1-6H3;1H4. The Balaban J connectivity index is 0.00000300. The van der Waals surface area contributed by atoms with Gasteiger partial charge in [0.15, 0.2) is 0 Å². The van der Waals surface area contributed by atoms with E-state index in [-0.39, 0.29) is 36.8 Å². The predicted molar refractivity (Wildman–Crippen MR) is 117 cm³/mol. The average molecular weight is 408 g/mol. The third-order valence-electron chi connectivity index (χ3n) is 5.56. The van der Waals surface area contributed by atoms with Crippen LogP contribution in [0.3, 0.4) is 0 Å². The monoisotopic (exact) mass is 407 g/mol. The molecule has 5 heteroatoms. The van der Waals surface area contributed by atoms with Crippen LogP contribution in [0.5, 0.6) is 5.75 Å². The topological polar surface area (TPSA) is 43.5 Å². The van der Waals surface area contributed by atoms with Crippen LogP contribution in [-0.4, -0.2) is 48.2 Å². The minimum atomic E-state index is -0.0955. The minimum absolute atomic E-state index is 0. The highest BCUT2D eigenvalue weighted by molar-refractivity contribution is 5.28. The molecule has 2 saturated heterocycles. The van der Waals surface area contributed by atoms with E-state index in [4.69, 9.17) is 19.0 Å². The average Bonchev–Trinajstić information content (AvgIpc) is 3.45. The lowest BCUT2D eigenvalue weighted by atomic mass is 9.80. The SMILES string of the molecule is C.CCCOC1CC(C)(C)N(OC(C)c2ccc(OCC3CO3)cc2)C(C)(C)C1. The zero-order valence-electron chi connectivity index (χ0n) is 18.4. The molecule has 0 aromatic heterocycles. The zero-order valence-corrected chi connectivity index (χ0v) is 18.4. The molecule has 0 amide bonds. The molecule has 2 unspecified atom stereocenters. The first-order valence-electron chi connectivity index (χ1n) is 10.6. The first-order valence-corrected chi connectivity index (χ1v) is 10.6. The molecule has 0 bridgehead atoms. The van der Waals surface area contributed by atoms with E-state index in [9.17, 15) is 0 Å². The number of hydrogen-bond donors (Lipinski definition) is 0. The fourth-order valence-corrected chi connectivity index (χ4v) is 4.27. The maximum atomic E-state index is 6.53. The number of piperidine rings is 1. The van der Waals surface area contributed by atoms with Gasteiger partial charge >= 0.3 is 0 Å². The van der Waals surface area contributed by atoms with Gasteiger partial charge in [0, 0.05) is 17.7 Å². The quantitative estimate of drug-likeness (QED) is 0.503. The van der Waals surface area contributed by atoms with Gasteiger partial charge in [0.25, 0.3) is 0 Å². The molecule has 3 rings (SSSR count). The van der Waals surface area contributed by atoms with Crippen molar-refractivity contribution in [3.05, 3.63) is 29.8 Å². The molecular weight excluding hydrogens is 366 g/mol. The lowest BCUT2D eigenvalue weighted by Gasteiger charge is -2.54. The summed E-state index contributed by atoms with van der Waals surface area (Å²) in [5.74, 6) is 0.876. The van der Waals surface area contributed by atoms with Crippen LogP contribution in [0.2, 0.25) is 0 Å². The summed E-state index contributed by atoms with van der Waals surface area (Å²) in [5, 5.41) is 2.20. The van der Waals surface area contributed by atoms with E-state index < -0.39 is 0 Å². The van der Waals surface area contributed by atoms with Crippen molar-refractivity contribution in [1.82, 2.24) is 5.06 Å². The summed E-state index contributed by atoms with van der Waals surface area (Å²) in [6, 6.07) is 8.20. The van der Waals surface area contributed by atoms with E-state index in [0.29, 0.717) is 6.61 Å². The minimum Gasteiger partial charge on any atom is -0.491 e. The van der Waals surface area contributed by atoms with Gasteiger partial charge in [0.05, 0.1) is 12.7 Å². The number of nitrogens with zero attached hydrogens (tertiary/aromatic N) is 1. The van der Waals surface area contributed by atoms with Gasteiger partial charge in [-0.15, -0.1) is 0 Å². The van der Waals surface area contributed by atoms with Crippen LogP contribution in [-0.2, 0) is 14.3 Å². The van der Waals surface area contributed by atoms with Crippen molar-refractivity contribution in [2.45, 2.75) is 97.6 Å². The number of benzene rings is 1. The molecule has 29 heavy (non-hydrogen) atoms. The molecule has 2 atom stereocenters. The van der Waals surface area contributed by atoms with Crippen molar-refractivity contribution in [2.24, 2.45) is 0 Å². The summed E-state index contributed by atoms with van der Waals surface area (Å²) >= 11 is 0. The molecule has 0 saturated carbocycles. The highest BCUT2D eigenvalue weighted by atomic mass is 16.7. The summed E-state index contributed by atoms with van der Waals surface area (Å²) in [6.45, 7) is 15.5. The summed E-state index contributed by atoms with van der Waals surface area (Å²) in [4.78, 5) is 6.53. The lowest BCUT2D eigenvalue weighted by molar-refractivity contribution is -0.315. The molecule has 1 aromatic carbocycles. The number of ether oxygens (including phenoxy) is 3. The number of rotatable bonds is 9. The second-order valence-corrected chi connectivity index (χ2v) is 9.40. The fraction of sp³-hybridized carbons (Fsp3) is 0.750. The molecule has 2 fully saturated rings. The Morgan fingerprint density at radius 1 is 1.10 bits per heavy atom. The molecule has 1 aromatic rings. The highest BCUT2D eigenvalue weighted by Crippen LogP contribution is 2.41. The van der Waals surface area contributed by atoms with E-state index in [1.165, 1.54) is 0 Å². The van der Waals surface area contributed by atoms with Crippen LogP contribution in [0.15, 0.2) is 24.3 Å². The van der Waals surface area contributed by atoms with Crippen molar-refractivity contribution in [1.29, 1.82) is 0 Å². The van der Waals surface area contributed by atoms with E-state index in [0.717, 1.165) is 43.8 Å². The summed E-state index contributed by atoms with van der Waals surface area (Å²) < 4.78 is 17.0. The second kappa shape index (κ2) is 9.78. The Bertz CT molecular complexity index is 606. The lowest BCUT2D eigenvalue weighted by Crippen LogP contribution is -2.62. The number of hydroxylamine groups is 2. The third-order valence-corrected chi connectivity index (χ3v) is 5.56. The Morgan fingerprint density at radius 3 is 2.21 bits per heavy atom. The van der Waals surface area contributed by atoms with Gasteiger partial charge in [0.1, 0.15) is 24.6 Å². The third kappa shape index (κ3) is 6.42. The molecular formula is C24H41NO4. The van der Waals surface area contributed by atoms with E-state index in [2.05, 4.69) is 58.7 Å². The van der Waals surface area contributed by atoms with E-state index in [1.807, 2.05) is 12.1 Å². The molecule has 0 spiro atoms. The van der Waals surface area contributed by atoms with Gasteiger partial charge in [-0.2, -0.15) is 5.06 Å². The molecule has 0 N–H and O–H groups in total. The van der Waals surface area contributed by atoms with Gasteiger partial charge in [-0.05, 0) is 71.6 Å². The van der Waals surface area contributed by atoms with Crippen molar-refractivity contribution in [3.8, 4) is 5.75 Å². The Labute approximate surface area is 177 Å². The van der Waals surface area contributed by atoms with Crippen LogP contribution in [0.4, 0.5) is 0 Å². The second-order valence-electron chi connectivity index (χ2n) is 9.40. The maximum absolute atomic E-state index is 6.53. The van der Waals surface area contributed by atoms with Crippen LogP contribution < -0.4 is 4.74 Å². The van der Waals surface area contributed by atoms with Crippen molar-refractivity contribution >= 4 is 0 Å². The fourth-order valence-electron chi connectivity index (χ4n) is 4.27. The summed E-state index contributed by atoms with van der Waals surface area (Å²) in [5.41, 5.74) is 0.953. The van der Waals surface area contributed by atoms with Gasteiger partial charge in [-0.1, -0.05) is 26.5 Å². The normalized spacial score (nSPS) is 24.6. The van der Waals surface area contributed by atoms with Crippen molar-refractivity contribution < 1.29 is 19.0 Å². The van der Waals surface area contributed by atoms with Crippen LogP contribution >= 0.6 is 0 Å². The van der Waals surface area contributed by atoms with Crippen LogP contribution in [0, 0.1) is 0 Å². The maximum Gasteiger partial charge on any atom is 0.119 e. The summed E-state index contributed by atoms with van der Waals surface area (Å²) in [6.07, 6.45) is 3.52. The van der Waals surface area contributed by atoms with Gasteiger partial charge in [-0.3, -0.25) is 4.84 Å². The predicted octanol–water partition coefficient (Wildman–Crippen LogP) is 5.54. The van der Waals surface area contributed by atoms with Crippen LogP contribution in [0.1, 0.15) is 79.9 Å². The Hall–Kier alpha value is -1.14. The largest absolute Gasteiger partial charge is 0.491 e. The van der Waals surface area contributed by atoms with E-state index in [1.54, 1.807) is 0 Å². The summed E-state index contributed by atoms with van der Waals surface area (Å²) in [7, 11) is 0. The first-order chi connectivity index (χ1) is 13.2. The van der Waals surface area contributed by atoms with E-state index >= 15 is 0 Å². The number of hydrogen-bond acceptors (Lipinski definition) is 5. The molecule has 166 valence electrons. The Morgan fingerprint density at radius 2 is 1.69 bits per heavy atom. The molecule has 2 aliphatic heterocycles. The highest BCUT2D eigenvalue weighted by Gasteiger charge is 2.47. The van der Waals surface area contributed by atoms with Crippen LogP contribution in [0.25, 0.3) is 0 Å². The van der Waals surface area contributed by atoms with Crippen molar-refractivity contribution in [3.63, 3.8) is 0 Å². The zero-order chi connectivity index (χ0) is 20.4. The Kier molecular flexibility index (Phi) is 8.14. The molecule has 0 radical (unpaired) electrons. The van der Waals surface area contributed by atoms with Crippen molar-refractivity contribution in [2.75, 3.05) is 19.8 Å². The van der Waals surface area contributed by atoms with Gasteiger partial charge in [-0.25, -0.2) is 0 Å². The number of epoxide rings is 1. The van der Waals surface area contributed by atoms with Gasteiger partial charge in [0.2, 0.25) is 0 Å².